The average molecular weight is 193 g/mol. The van der Waals surface area contributed by atoms with Crippen LogP contribution in [0.25, 0.3) is 0 Å². The lowest BCUT2D eigenvalue weighted by molar-refractivity contribution is 0.0597. The number of hydrogen-bond donors (Lipinski definition) is 1. The highest BCUT2D eigenvalue weighted by atomic mass is 16.5. The number of nitrogen functional groups attached to an aromatic ring is 1. The maximum Gasteiger partial charge on any atom is 0.338 e. The van der Waals surface area contributed by atoms with Crippen molar-refractivity contribution in [3.05, 3.63) is 29.3 Å². The molecule has 0 heterocycles. The third-order valence-electron chi connectivity index (χ3n) is 1.83. The number of carbonyl (C=O) groups excluding carboxylic acids is 2. The SMILES string of the molecule is COC(=O)c1ccc(N)cc1C(C)=O. The van der Waals surface area contributed by atoms with Crippen LogP contribution in [-0.4, -0.2) is 18.9 Å². The first-order chi connectivity index (χ1) is 6.56. The number of anilines is 1. The van der Waals surface area contributed by atoms with E-state index in [-0.39, 0.29) is 16.9 Å². The number of nitrogens with two attached hydrogens (primary N) is 1. The van der Waals surface area contributed by atoms with Crippen LogP contribution in [0, 0.1) is 0 Å². The van der Waals surface area contributed by atoms with Crippen molar-refractivity contribution in [2.24, 2.45) is 0 Å². The molecule has 0 aliphatic carbocycles. The Labute approximate surface area is 81.7 Å². The summed E-state index contributed by atoms with van der Waals surface area (Å²) in [7, 11) is 1.27. The van der Waals surface area contributed by atoms with Crippen LogP contribution >= 0.6 is 0 Å². The maximum atomic E-state index is 11.2. The Bertz CT molecular complexity index is 385. The van der Waals surface area contributed by atoms with Crippen LogP contribution < -0.4 is 5.73 Å². The number of carbonyl (C=O) groups is 2. The zero-order valence-electron chi connectivity index (χ0n) is 8.03. The molecule has 1 aromatic rings. The monoisotopic (exact) mass is 193 g/mol. The summed E-state index contributed by atoms with van der Waals surface area (Å²) in [6, 6.07) is 4.51. The molecule has 0 saturated carbocycles. The van der Waals surface area contributed by atoms with Crippen LogP contribution in [0.4, 0.5) is 5.69 Å². The molecule has 0 amide bonds. The summed E-state index contributed by atoms with van der Waals surface area (Å²) in [6.45, 7) is 1.38. The van der Waals surface area contributed by atoms with Crippen LogP contribution in [0.5, 0.6) is 0 Å². The van der Waals surface area contributed by atoms with E-state index in [0.717, 1.165) is 0 Å². The Morgan fingerprint density at radius 1 is 1.29 bits per heavy atom. The van der Waals surface area contributed by atoms with Crippen LogP contribution in [0.1, 0.15) is 27.6 Å². The molecule has 1 aromatic carbocycles. The molecule has 4 heteroatoms. The summed E-state index contributed by atoms with van der Waals surface area (Å²) < 4.78 is 4.53. The van der Waals surface area contributed by atoms with Gasteiger partial charge in [0.05, 0.1) is 12.7 Å². The summed E-state index contributed by atoms with van der Waals surface area (Å²) in [5.74, 6) is -0.743. The molecular weight excluding hydrogens is 182 g/mol. The zero-order chi connectivity index (χ0) is 10.7. The lowest BCUT2D eigenvalue weighted by atomic mass is 10.0. The predicted octanol–water partition coefficient (Wildman–Crippen LogP) is 1.26. The Hall–Kier alpha value is -1.84. The first kappa shape index (κ1) is 10.2. The smallest absolute Gasteiger partial charge is 0.338 e. The highest BCUT2D eigenvalue weighted by Gasteiger charge is 2.14. The predicted molar refractivity (Wildman–Crippen MR) is 52.2 cm³/mol. The van der Waals surface area contributed by atoms with E-state index in [1.54, 1.807) is 6.07 Å². The van der Waals surface area contributed by atoms with Crippen molar-refractivity contribution in [2.75, 3.05) is 12.8 Å². The third kappa shape index (κ3) is 1.90. The Morgan fingerprint density at radius 2 is 1.93 bits per heavy atom. The molecular formula is C10H11NO3. The van der Waals surface area contributed by atoms with Gasteiger partial charge in [-0.3, -0.25) is 4.79 Å². The van der Waals surface area contributed by atoms with Gasteiger partial charge in [-0.25, -0.2) is 4.79 Å². The quantitative estimate of drug-likeness (QED) is 0.436. The normalized spacial score (nSPS) is 9.57. The van der Waals surface area contributed by atoms with Crippen LogP contribution in [0.2, 0.25) is 0 Å². The van der Waals surface area contributed by atoms with Gasteiger partial charge in [0, 0.05) is 11.3 Å². The second-order valence-electron chi connectivity index (χ2n) is 2.85. The van der Waals surface area contributed by atoms with Gasteiger partial charge < -0.3 is 10.5 Å². The summed E-state index contributed by atoms with van der Waals surface area (Å²) in [5.41, 5.74) is 6.48. The minimum atomic E-state index is -0.532. The fraction of sp³-hybridized carbons (Fsp3) is 0.200. The summed E-state index contributed by atoms with van der Waals surface area (Å²) in [5, 5.41) is 0. The van der Waals surface area contributed by atoms with E-state index in [9.17, 15) is 9.59 Å². The number of rotatable bonds is 2. The van der Waals surface area contributed by atoms with Crippen molar-refractivity contribution in [2.45, 2.75) is 6.92 Å². The second kappa shape index (κ2) is 3.91. The molecule has 1 rings (SSSR count). The van der Waals surface area contributed by atoms with Crippen LogP contribution in [0.15, 0.2) is 18.2 Å². The lowest BCUT2D eigenvalue weighted by Gasteiger charge is -2.05. The van der Waals surface area contributed by atoms with E-state index < -0.39 is 5.97 Å². The number of ether oxygens (including phenoxy) is 1. The lowest BCUT2D eigenvalue weighted by Crippen LogP contribution is -2.09. The molecule has 0 saturated heterocycles. The van der Waals surface area contributed by atoms with E-state index in [1.807, 2.05) is 0 Å². The minimum Gasteiger partial charge on any atom is -0.465 e. The Kier molecular flexibility index (Phi) is 2.86. The molecule has 0 radical (unpaired) electrons. The van der Waals surface area contributed by atoms with E-state index >= 15 is 0 Å². The third-order valence-corrected chi connectivity index (χ3v) is 1.83. The molecule has 0 spiro atoms. The largest absolute Gasteiger partial charge is 0.465 e. The maximum absolute atomic E-state index is 11.2. The Balaban J connectivity index is 3.28. The van der Waals surface area contributed by atoms with Gasteiger partial charge in [-0.05, 0) is 25.1 Å². The van der Waals surface area contributed by atoms with E-state index in [2.05, 4.69) is 4.74 Å². The fourth-order valence-corrected chi connectivity index (χ4v) is 1.14. The van der Waals surface area contributed by atoms with Crippen LogP contribution in [0.3, 0.4) is 0 Å². The number of benzene rings is 1. The van der Waals surface area contributed by atoms with Gasteiger partial charge in [-0.1, -0.05) is 0 Å². The van der Waals surface area contributed by atoms with Gasteiger partial charge in [0.2, 0.25) is 0 Å². The average Bonchev–Trinajstić information content (AvgIpc) is 2.16. The molecule has 0 aromatic heterocycles. The molecule has 2 N–H and O–H groups in total. The van der Waals surface area contributed by atoms with Crippen molar-refractivity contribution < 1.29 is 14.3 Å². The first-order valence-corrected chi connectivity index (χ1v) is 4.05. The number of methoxy groups -OCH3 is 1. The highest BCUT2D eigenvalue weighted by Crippen LogP contribution is 2.15. The molecule has 0 atom stereocenters. The number of ketones is 1. The second-order valence-corrected chi connectivity index (χ2v) is 2.85. The van der Waals surface area contributed by atoms with E-state index in [4.69, 9.17) is 5.73 Å². The van der Waals surface area contributed by atoms with E-state index in [1.165, 1.54) is 26.2 Å². The number of esters is 1. The molecule has 0 fully saturated rings. The Morgan fingerprint density at radius 3 is 2.43 bits per heavy atom. The van der Waals surface area contributed by atoms with E-state index in [0.29, 0.717) is 5.69 Å². The van der Waals surface area contributed by atoms with Gasteiger partial charge in [0.25, 0.3) is 0 Å². The number of Topliss-reactive ketones (excluding diaryl/α,β-unsaturated/α-hetero) is 1. The summed E-state index contributed by atoms with van der Waals surface area (Å²) in [4.78, 5) is 22.4. The number of hydrogen-bond acceptors (Lipinski definition) is 4. The minimum absolute atomic E-state index is 0.210. The zero-order valence-corrected chi connectivity index (χ0v) is 8.03. The topological polar surface area (TPSA) is 69.4 Å². The van der Waals surface area contributed by atoms with Crippen LogP contribution in [-0.2, 0) is 4.74 Å². The van der Waals surface area contributed by atoms with Gasteiger partial charge in [-0.2, -0.15) is 0 Å². The van der Waals surface area contributed by atoms with Crippen molar-refractivity contribution >= 4 is 17.4 Å². The molecule has 0 unspecified atom stereocenters. The van der Waals surface area contributed by atoms with Crippen molar-refractivity contribution in [3.8, 4) is 0 Å². The van der Waals surface area contributed by atoms with Gasteiger partial charge in [-0.15, -0.1) is 0 Å². The highest BCUT2D eigenvalue weighted by molar-refractivity contribution is 6.05. The van der Waals surface area contributed by atoms with Crippen molar-refractivity contribution in [1.29, 1.82) is 0 Å². The molecule has 0 aliphatic heterocycles. The molecule has 0 aliphatic rings. The standard InChI is InChI=1S/C10H11NO3/c1-6(12)9-5-7(11)3-4-8(9)10(13)14-2/h3-5H,11H2,1-2H3. The fourth-order valence-electron chi connectivity index (χ4n) is 1.14. The first-order valence-electron chi connectivity index (χ1n) is 4.05. The molecule has 0 bridgehead atoms. The molecule has 74 valence electrons. The summed E-state index contributed by atoms with van der Waals surface area (Å²) >= 11 is 0. The molecule has 14 heavy (non-hydrogen) atoms. The van der Waals surface area contributed by atoms with Gasteiger partial charge >= 0.3 is 5.97 Å². The van der Waals surface area contributed by atoms with Crippen molar-refractivity contribution in [1.82, 2.24) is 0 Å². The van der Waals surface area contributed by atoms with Gasteiger partial charge in [0.1, 0.15) is 0 Å². The van der Waals surface area contributed by atoms with Gasteiger partial charge in [0.15, 0.2) is 5.78 Å². The van der Waals surface area contributed by atoms with Crippen molar-refractivity contribution in [3.63, 3.8) is 0 Å². The molecule has 4 nitrogen and oxygen atoms in total. The summed E-state index contributed by atoms with van der Waals surface area (Å²) in [6.07, 6.45) is 0.